The van der Waals surface area contributed by atoms with Gasteiger partial charge in [-0.2, -0.15) is 0 Å². The van der Waals surface area contributed by atoms with E-state index in [1.54, 1.807) is 0 Å². The van der Waals surface area contributed by atoms with Gasteiger partial charge in [-0.15, -0.1) is 0 Å². The van der Waals surface area contributed by atoms with E-state index in [0.29, 0.717) is 18.5 Å². The molecule has 1 aromatic rings. The van der Waals surface area contributed by atoms with Crippen molar-refractivity contribution in [2.24, 2.45) is 4.99 Å². The van der Waals surface area contributed by atoms with E-state index in [4.69, 9.17) is 0 Å². The molecule has 144 valence electrons. The molecular formula is C20H33N5O. The highest BCUT2D eigenvalue weighted by molar-refractivity contribution is 5.84. The summed E-state index contributed by atoms with van der Waals surface area (Å²) in [5.74, 6) is 0.655. The average molecular weight is 360 g/mol. The van der Waals surface area contributed by atoms with Crippen molar-refractivity contribution in [2.75, 3.05) is 39.3 Å². The maximum Gasteiger partial charge on any atom is 0.241 e. The number of guanidine groups is 1. The van der Waals surface area contributed by atoms with E-state index in [1.807, 2.05) is 13.8 Å². The lowest BCUT2D eigenvalue weighted by atomic mass is 10.1. The number of amides is 1. The van der Waals surface area contributed by atoms with Gasteiger partial charge in [0.2, 0.25) is 5.91 Å². The maximum atomic E-state index is 11.8. The van der Waals surface area contributed by atoms with Gasteiger partial charge in [-0.1, -0.05) is 37.3 Å². The maximum absolute atomic E-state index is 11.8. The fourth-order valence-corrected chi connectivity index (χ4v) is 3.19. The van der Waals surface area contributed by atoms with Crippen molar-refractivity contribution in [2.45, 2.75) is 39.2 Å². The van der Waals surface area contributed by atoms with Gasteiger partial charge in [0.15, 0.2) is 5.96 Å². The molecule has 1 saturated heterocycles. The molecule has 1 heterocycles. The van der Waals surface area contributed by atoms with Gasteiger partial charge >= 0.3 is 0 Å². The second-order valence-corrected chi connectivity index (χ2v) is 6.60. The first-order valence-electron chi connectivity index (χ1n) is 9.82. The van der Waals surface area contributed by atoms with Gasteiger partial charge in [0.1, 0.15) is 6.54 Å². The average Bonchev–Trinajstić information content (AvgIpc) is 3.19. The fourth-order valence-electron chi connectivity index (χ4n) is 3.19. The van der Waals surface area contributed by atoms with E-state index in [0.717, 1.165) is 32.6 Å². The molecule has 0 aliphatic carbocycles. The zero-order valence-electron chi connectivity index (χ0n) is 16.1. The third kappa shape index (κ3) is 6.67. The van der Waals surface area contributed by atoms with E-state index in [9.17, 15) is 4.79 Å². The van der Waals surface area contributed by atoms with Crippen molar-refractivity contribution < 1.29 is 4.79 Å². The van der Waals surface area contributed by atoms with Crippen molar-refractivity contribution in [3.05, 3.63) is 35.9 Å². The summed E-state index contributed by atoms with van der Waals surface area (Å²) in [5, 5.41) is 9.51. The van der Waals surface area contributed by atoms with Crippen LogP contribution in [-0.4, -0.2) is 56.0 Å². The molecule has 1 aliphatic rings. The number of rotatable bonds is 9. The lowest BCUT2D eigenvalue weighted by molar-refractivity contribution is -0.119. The second kappa shape index (κ2) is 11.5. The molecule has 1 aliphatic heterocycles. The van der Waals surface area contributed by atoms with Crippen LogP contribution in [0.15, 0.2) is 35.3 Å². The molecule has 0 spiro atoms. The molecule has 0 saturated carbocycles. The summed E-state index contributed by atoms with van der Waals surface area (Å²) in [6, 6.07) is 10.9. The van der Waals surface area contributed by atoms with Crippen LogP contribution >= 0.6 is 0 Å². The van der Waals surface area contributed by atoms with Crippen LogP contribution in [-0.2, 0) is 4.79 Å². The van der Waals surface area contributed by atoms with Gasteiger partial charge in [-0.25, -0.2) is 4.99 Å². The van der Waals surface area contributed by atoms with Crippen molar-refractivity contribution in [3.8, 4) is 0 Å². The number of nitrogens with one attached hydrogen (secondary N) is 3. The predicted molar refractivity (Wildman–Crippen MR) is 107 cm³/mol. The molecule has 6 heteroatoms. The first kappa shape index (κ1) is 20.2. The molecular weight excluding hydrogens is 326 g/mol. The summed E-state index contributed by atoms with van der Waals surface area (Å²) in [5.41, 5.74) is 1.32. The molecule has 2 rings (SSSR count). The van der Waals surface area contributed by atoms with Crippen LogP contribution in [0.2, 0.25) is 0 Å². The Morgan fingerprint density at radius 1 is 1.12 bits per heavy atom. The molecule has 3 N–H and O–H groups in total. The molecule has 1 unspecified atom stereocenters. The summed E-state index contributed by atoms with van der Waals surface area (Å²) in [6.45, 7) is 8.72. The highest BCUT2D eigenvalue weighted by Crippen LogP contribution is 2.24. The molecule has 1 atom stereocenters. The number of carbonyl (C=O) groups is 1. The quantitative estimate of drug-likeness (QED) is 0.465. The topological polar surface area (TPSA) is 68.8 Å². The lowest BCUT2D eigenvalue weighted by Crippen LogP contribution is -2.43. The van der Waals surface area contributed by atoms with Crippen LogP contribution in [0.5, 0.6) is 0 Å². The Kier molecular flexibility index (Phi) is 8.96. The standard InChI is InChI=1S/C20H33N5O/c1-3-12-22-19(26)16-24-20(21-4-2)23-15-18(25-13-8-9-14-25)17-10-6-5-7-11-17/h5-7,10-11,18H,3-4,8-9,12-16H2,1-2H3,(H,22,26)(H2,21,23,24). The highest BCUT2D eigenvalue weighted by Gasteiger charge is 2.23. The molecule has 0 radical (unpaired) electrons. The zero-order valence-corrected chi connectivity index (χ0v) is 16.1. The van der Waals surface area contributed by atoms with Crippen molar-refractivity contribution in [1.29, 1.82) is 0 Å². The number of likely N-dealkylation sites (tertiary alicyclic amines) is 1. The molecule has 1 aromatic carbocycles. The molecule has 1 fully saturated rings. The summed E-state index contributed by atoms with van der Waals surface area (Å²) < 4.78 is 0. The van der Waals surface area contributed by atoms with Gasteiger partial charge in [0.05, 0.1) is 6.04 Å². The third-order valence-electron chi connectivity index (χ3n) is 4.53. The van der Waals surface area contributed by atoms with Crippen molar-refractivity contribution >= 4 is 11.9 Å². The number of carbonyl (C=O) groups excluding carboxylic acids is 1. The number of aliphatic imine (C=N–C) groups is 1. The molecule has 1 amide bonds. The largest absolute Gasteiger partial charge is 0.357 e. The first-order chi connectivity index (χ1) is 12.7. The Labute approximate surface area is 157 Å². The van der Waals surface area contributed by atoms with Crippen molar-refractivity contribution in [1.82, 2.24) is 20.9 Å². The minimum absolute atomic E-state index is 0.0387. The predicted octanol–water partition coefficient (Wildman–Crippen LogP) is 1.90. The van der Waals surface area contributed by atoms with Crippen LogP contribution < -0.4 is 16.0 Å². The summed E-state index contributed by atoms with van der Waals surface area (Å²) >= 11 is 0. The Morgan fingerprint density at radius 3 is 2.50 bits per heavy atom. The number of nitrogens with zero attached hydrogens (tertiary/aromatic N) is 2. The lowest BCUT2D eigenvalue weighted by Gasteiger charge is -2.29. The van der Waals surface area contributed by atoms with E-state index in [1.165, 1.54) is 18.4 Å². The minimum atomic E-state index is -0.0387. The van der Waals surface area contributed by atoms with E-state index in [-0.39, 0.29) is 12.5 Å². The Bertz CT molecular complexity index is 555. The van der Waals surface area contributed by atoms with E-state index in [2.05, 4.69) is 56.2 Å². The summed E-state index contributed by atoms with van der Waals surface area (Å²) in [6.07, 6.45) is 3.45. The molecule has 0 aromatic heterocycles. The van der Waals surface area contributed by atoms with Crippen LogP contribution in [0.3, 0.4) is 0 Å². The van der Waals surface area contributed by atoms with E-state index < -0.39 is 0 Å². The van der Waals surface area contributed by atoms with Gasteiger partial charge in [-0.05, 0) is 44.8 Å². The summed E-state index contributed by atoms with van der Waals surface area (Å²) in [4.78, 5) is 18.7. The van der Waals surface area contributed by atoms with Gasteiger partial charge in [0.25, 0.3) is 0 Å². The third-order valence-corrected chi connectivity index (χ3v) is 4.53. The number of hydrogen-bond donors (Lipinski definition) is 3. The summed E-state index contributed by atoms with van der Waals surface area (Å²) in [7, 11) is 0. The SMILES string of the molecule is CCCNC(=O)CN=C(NCC)NCC(c1ccccc1)N1CCCC1. The van der Waals surface area contributed by atoms with Gasteiger partial charge in [-0.3, -0.25) is 9.69 Å². The van der Waals surface area contributed by atoms with Crippen molar-refractivity contribution in [3.63, 3.8) is 0 Å². The first-order valence-corrected chi connectivity index (χ1v) is 9.82. The fraction of sp³-hybridized carbons (Fsp3) is 0.600. The zero-order chi connectivity index (χ0) is 18.6. The number of hydrogen-bond acceptors (Lipinski definition) is 3. The van der Waals surface area contributed by atoms with Crippen LogP contribution in [0.1, 0.15) is 44.7 Å². The normalized spacial score (nSPS) is 16.3. The molecule has 0 bridgehead atoms. The molecule has 6 nitrogen and oxygen atoms in total. The molecule has 26 heavy (non-hydrogen) atoms. The Morgan fingerprint density at radius 2 is 1.85 bits per heavy atom. The highest BCUT2D eigenvalue weighted by atomic mass is 16.1. The number of benzene rings is 1. The Hall–Kier alpha value is -2.08. The van der Waals surface area contributed by atoms with Crippen LogP contribution in [0.25, 0.3) is 0 Å². The second-order valence-electron chi connectivity index (χ2n) is 6.60. The van der Waals surface area contributed by atoms with E-state index >= 15 is 0 Å². The van der Waals surface area contributed by atoms with Crippen LogP contribution in [0.4, 0.5) is 0 Å². The Balaban J connectivity index is 1.97. The monoisotopic (exact) mass is 359 g/mol. The minimum Gasteiger partial charge on any atom is -0.357 e. The van der Waals surface area contributed by atoms with Crippen LogP contribution in [0, 0.1) is 0 Å². The smallest absolute Gasteiger partial charge is 0.241 e. The van der Waals surface area contributed by atoms with Gasteiger partial charge < -0.3 is 16.0 Å². The van der Waals surface area contributed by atoms with Gasteiger partial charge in [0, 0.05) is 19.6 Å².